The summed E-state index contributed by atoms with van der Waals surface area (Å²) in [6.07, 6.45) is 0. The van der Waals surface area contributed by atoms with E-state index in [1.165, 1.54) is 4.68 Å². The quantitative estimate of drug-likeness (QED) is 0.819. The van der Waals surface area contributed by atoms with Gasteiger partial charge in [-0.2, -0.15) is 0 Å². The lowest BCUT2D eigenvalue weighted by molar-refractivity contribution is 0.0118. The molecule has 2 heterocycles. The van der Waals surface area contributed by atoms with E-state index in [9.17, 15) is 13.6 Å². The smallest absolute Gasteiger partial charge is 0.277 e. The van der Waals surface area contributed by atoms with E-state index < -0.39 is 24.9 Å². The first kappa shape index (κ1) is 17.1. The zero-order valence-corrected chi connectivity index (χ0v) is 13.5. The van der Waals surface area contributed by atoms with Crippen LogP contribution < -0.4 is 20.5 Å². The van der Waals surface area contributed by atoms with Crippen molar-refractivity contribution in [1.29, 1.82) is 0 Å². The molecule has 0 bridgehead atoms. The van der Waals surface area contributed by atoms with E-state index in [4.69, 9.17) is 15.2 Å². The molecule has 3 rings (SSSR count). The number of alkyl halides is 2. The Balaban J connectivity index is 1.80. The number of halogens is 2. The minimum Gasteiger partial charge on any atom is -0.486 e. The third kappa shape index (κ3) is 3.53. The van der Waals surface area contributed by atoms with E-state index >= 15 is 0 Å². The van der Waals surface area contributed by atoms with Crippen LogP contribution in [-0.4, -0.2) is 53.1 Å². The number of hydrogen-bond donors (Lipinski definition) is 2. The molecular weight excluding hydrogens is 336 g/mol. The van der Waals surface area contributed by atoms with Gasteiger partial charge in [-0.05, 0) is 19.1 Å². The fourth-order valence-corrected chi connectivity index (χ4v) is 2.31. The van der Waals surface area contributed by atoms with Crippen molar-refractivity contribution in [3.63, 3.8) is 0 Å². The van der Waals surface area contributed by atoms with Crippen LogP contribution in [0.4, 0.5) is 8.78 Å². The summed E-state index contributed by atoms with van der Waals surface area (Å²) in [5.74, 6) is -2.73. The van der Waals surface area contributed by atoms with Crippen molar-refractivity contribution in [3.05, 3.63) is 29.6 Å². The molecule has 0 atom stereocenters. The van der Waals surface area contributed by atoms with Crippen molar-refractivity contribution in [2.45, 2.75) is 12.8 Å². The van der Waals surface area contributed by atoms with Gasteiger partial charge in [0.05, 0.1) is 24.5 Å². The molecule has 1 aliphatic heterocycles. The maximum atomic E-state index is 13.2. The third-order valence-corrected chi connectivity index (χ3v) is 3.69. The Kier molecular flexibility index (Phi) is 4.53. The van der Waals surface area contributed by atoms with Gasteiger partial charge in [-0.3, -0.25) is 4.79 Å². The van der Waals surface area contributed by atoms with Gasteiger partial charge in [-0.25, -0.2) is 13.5 Å². The van der Waals surface area contributed by atoms with E-state index in [1.807, 2.05) is 0 Å². The molecule has 0 aliphatic carbocycles. The van der Waals surface area contributed by atoms with Gasteiger partial charge in [0.15, 0.2) is 17.2 Å². The Morgan fingerprint density at radius 2 is 2.08 bits per heavy atom. The number of fused-ring (bicyclic) bond motifs is 1. The second kappa shape index (κ2) is 6.63. The minimum absolute atomic E-state index is 0.0392. The number of amides is 1. The molecular formula is C15H17F2N5O3. The van der Waals surface area contributed by atoms with Crippen LogP contribution in [0.15, 0.2) is 18.2 Å². The largest absolute Gasteiger partial charge is 0.486 e. The highest BCUT2D eigenvalue weighted by Crippen LogP contribution is 2.32. The molecule has 1 aromatic heterocycles. The molecule has 0 radical (unpaired) electrons. The second-order valence-electron chi connectivity index (χ2n) is 5.51. The van der Waals surface area contributed by atoms with Crippen LogP contribution in [0.5, 0.6) is 11.5 Å². The first-order valence-electron chi connectivity index (χ1n) is 7.60. The summed E-state index contributed by atoms with van der Waals surface area (Å²) in [6, 6.07) is 5.17. The van der Waals surface area contributed by atoms with E-state index in [0.717, 1.165) is 0 Å². The van der Waals surface area contributed by atoms with E-state index in [1.54, 1.807) is 25.1 Å². The minimum atomic E-state index is -3.17. The maximum absolute atomic E-state index is 13.2. The van der Waals surface area contributed by atoms with Crippen molar-refractivity contribution in [3.8, 4) is 17.2 Å². The molecule has 1 amide bonds. The number of carbonyl (C=O) groups is 1. The van der Waals surface area contributed by atoms with Gasteiger partial charge in [0, 0.05) is 6.07 Å². The summed E-state index contributed by atoms with van der Waals surface area (Å²) in [5.41, 5.74) is 5.92. The molecule has 8 nitrogen and oxygen atoms in total. The number of benzene rings is 1. The predicted molar refractivity (Wildman–Crippen MR) is 83.4 cm³/mol. The predicted octanol–water partition coefficient (Wildman–Crippen LogP) is 0.671. The second-order valence-corrected chi connectivity index (χ2v) is 5.51. The number of carbonyl (C=O) groups excluding carboxylic acids is 1. The zero-order chi connectivity index (χ0) is 18.0. The number of nitrogens with two attached hydrogens (primary N) is 1. The molecule has 0 saturated heterocycles. The van der Waals surface area contributed by atoms with Gasteiger partial charge in [0.25, 0.3) is 11.8 Å². The molecule has 0 spiro atoms. The van der Waals surface area contributed by atoms with Crippen molar-refractivity contribution in [1.82, 2.24) is 20.3 Å². The summed E-state index contributed by atoms with van der Waals surface area (Å²) >= 11 is 0. The topological polar surface area (TPSA) is 104 Å². The molecule has 0 fully saturated rings. The van der Waals surface area contributed by atoms with Crippen LogP contribution in [0, 0.1) is 6.92 Å². The highest BCUT2D eigenvalue weighted by Gasteiger charge is 2.28. The van der Waals surface area contributed by atoms with E-state index in [2.05, 4.69) is 15.6 Å². The van der Waals surface area contributed by atoms with E-state index in [-0.39, 0.29) is 5.69 Å². The molecule has 1 aliphatic rings. The number of ether oxygens (including phenoxy) is 2. The molecule has 134 valence electrons. The normalized spacial score (nSPS) is 13.6. The molecule has 0 saturated carbocycles. The lowest BCUT2D eigenvalue weighted by Crippen LogP contribution is -2.41. The molecule has 3 N–H and O–H groups in total. The lowest BCUT2D eigenvalue weighted by atomic mass is 10.2. The summed E-state index contributed by atoms with van der Waals surface area (Å²) in [5, 5.41) is 9.82. The fraction of sp³-hybridized carbons (Fsp3) is 0.400. The Bertz CT molecular complexity index is 793. The average Bonchev–Trinajstić information content (AvgIpc) is 3.01. The van der Waals surface area contributed by atoms with Gasteiger partial charge < -0.3 is 20.5 Å². The van der Waals surface area contributed by atoms with Crippen LogP contribution in [-0.2, 0) is 0 Å². The Labute approximate surface area is 141 Å². The summed E-state index contributed by atoms with van der Waals surface area (Å²) in [7, 11) is 0. The monoisotopic (exact) mass is 353 g/mol. The number of hydrogen-bond acceptors (Lipinski definition) is 6. The molecule has 25 heavy (non-hydrogen) atoms. The van der Waals surface area contributed by atoms with Crippen molar-refractivity contribution < 1.29 is 23.0 Å². The number of aromatic nitrogens is 3. The van der Waals surface area contributed by atoms with Crippen molar-refractivity contribution >= 4 is 5.91 Å². The van der Waals surface area contributed by atoms with Gasteiger partial charge in [-0.15, -0.1) is 5.10 Å². The summed E-state index contributed by atoms with van der Waals surface area (Å²) < 4.78 is 38.7. The third-order valence-electron chi connectivity index (χ3n) is 3.69. The van der Waals surface area contributed by atoms with Crippen LogP contribution in [0.25, 0.3) is 5.69 Å². The van der Waals surface area contributed by atoms with Gasteiger partial charge in [-0.1, -0.05) is 5.21 Å². The Hall–Kier alpha value is -2.75. The van der Waals surface area contributed by atoms with Crippen molar-refractivity contribution in [2.75, 3.05) is 26.3 Å². The maximum Gasteiger partial charge on any atom is 0.277 e. The average molecular weight is 353 g/mol. The highest BCUT2D eigenvalue weighted by atomic mass is 19.3. The van der Waals surface area contributed by atoms with Crippen LogP contribution >= 0.6 is 0 Å². The summed E-state index contributed by atoms with van der Waals surface area (Å²) in [6.45, 7) is 0.823. The number of nitrogens with one attached hydrogen (secondary N) is 1. The molecule has 2 aromatic rings. The van der Waals surface area contributed by atoms with Gasteiger partial charge >= 0.3 is 0 Å². The first-order valence-corrected chi connectivity index (χ1v) is 7.60. The Morgan fingerprint density at radius 3 is 2.80 bits per heavy atom. The molecule has 0 unspecified atom stereocenters. The molecule has 10 heteroatoms. The first-order chi connectivity index (χ1) is 11.9. The standard InChI is InChI=1S/C15H17F2N5O3/c1-9-13(14(23)19-8-15(16,17)7-18)20-21-22(9)10-2-3-11-12(6-10)25-5-4-24-11/h2-3,6H,4-5,7-8,18H2,1H3,(H,19,23). The van der Waals surface area contributed by atoms with Crippen LogP contribution in [0.3, 0.4) is 0 Å². The van der Waals surface area contributed by atoms with Crippen LogP contribution in [0.2, 0.25) is 0 Å². The number of rotatable bonds is 5. The van der Waals surface area contributed by atoms with Crippen molar-refractivity contribution in [2.24, 2.45) is 5.73 Å². The fourth-order valence-electron chi connectivity index (χ4n) is 2.31. The lowest BCUT2D eigenvalue weighted by Gasteiger charge is -2.18. The SMILES string of the molecule is Cc1c(C(=O)NCC(F)(F)CN)nnn1-c1ccc2c(c1)OCCO2. The number of nitrogens with zero attached hydrogens (tertiary/aromatic N) is 3. The van der Waals surface area contributed by atoms with E-state index in [0.29, 0.717) is 36.1 Å². The summed E-state index contributed by atoms with van der Waals surface area (Å²) in [4.78, 5) is 12.1. The highest BCUT2D eigenvalue weighted by molar-refractivity contribution is 5.93. The zero-order valence-electron chi connectivity index (χ0n) is 13.5. The van der Waals surface area contributed by atoms with Crippen LogP contribution in [0.1, 0.15) is 16.2 Å². The Morgan fingerprint density at radius 1 is 1.36 bits per heavy atom. The van der Waals surface area contributed by atoms with Gasteiger partial charge in [0.2, 0.25) is 0 Å². The van der Waals surface area contributed by atoms with Gasteiger partial charge in [0.1, 0.15) is 13.2 Å². The molecule has 1 aromatic carbocycles.